The van der Waals surface area contributed by atoms with E-state index in [-0.39, 0.29) is 41.5 Å². The molecule has 11 rings (SSSR count). The average molecular weight is 1430 g/mol. The number of hydrogen-bond acceptors (Lipinski definition) is 10. The Labute approximate surface area is 491 Å². The summed E-state index contributed by atoms with van der Waals surface area (Å²) in [6, 6.07) is 58.3. The quantitative estimate of drug-likeness (QED) is 0.0212. The smallest absolute Gasteiger partial charge is 0.288 e. The van der Waals surface area contributed by atoms with Crippen molar-refractivity contribution in [1.82, 2.24) is 20.2 Å². The number of halogens is 5. The van der Waals surface area contributed by atoms with Crippen LogP contribution in [-0.2, 0) is 17.8 Å². The topological polar surface area (TPSA) is 184 Å². The van der Waals surface area contributed by atoms with E-state index in [0.29, 0.717) is 51.7 Å². The van der Waals surface area contributed by atoms with Gasteiger partial charge >= 0.3 is 50.5 Å². The minimum Gasteiger partial charge on any atom is -0.492 e. The first-order chi connectivity index (χ1) is 37.5. The molecule has 1 aliphatic rings. The van der Waals surface area contributed by atoms with E-state index in [2.05, 4.69) is 130 Å². The number of epoxide rings is 1. The Hall–Kier alpha value is -5.63. The van der Waals surface area contributed by atoms with E-state index in [0.717, 1.165) is 63.2 Å². The monoisotopic (exact) mass is 1430 g/mol. The number of para-hydroxylation sites is 2. The van der Waals surface area contributed by atoms with Crippen molar-refractivity contribution in [2.45, 2.75) is 32.7 Å². The summed E-state index contributed by atoms with van der Waals surface area (Å²) in [5.41, 5.74) is 7.74. The van der Waals surface area contributed by atoms with Crippen molar-refractivity contribution < 1.29 is 42.4 Å². The number of nitrogens with zero attached hydrogens (tertiary/aromatic N) is 3. The Balaban J connectivity index is 0.000000183. The Morgan fingerprint density at radius 3 is 1.69 bits per heavy atom. The summed E-state index contributed by atoms with van der Waals surface area (Å²) >= 11 is 16.9. The normalized spacial score (nSPS) is 12.9. The van der Waals surface area contributed by atoms with Crippen molar-refractivity contribution in [2.24, 2.45) is 0 Å². The van der Waals surface area contributed by atoms with Crippen LogP contribution in [0.4, 0.5) is 11.4 Å². The molecular formula is C59H56Cl2I3N6O8-. The molecule has 1 aliphatic heterocycles. The number of rotatable bonds is 18. The number of aromatic amines is 2. The van der Waals surface area contributed by atoms with E-state index in [4.69, 9.17) is 37.4 Å². The number of aromatic nitrogens is 2. The summed E-state index contributed by atoms with van der Waals surface area (Å²) in [6.07, 6.45) is -0.904. The largest absolute Gasteiger partial charge is 0.492 e. The molecule has 10 aromatic rings. The molecule has 0 spiro atoms. The van der Waals surface area contributed by atoms with Gasteiger partial charge in [0.2, 0.25) is 0 Å². The van der Waals surface area contributed by atoms with Gasteiger partial charge in [-0.2, -0.15) is 0 Å². The molecule has 2 atom stereocenters. The van der Waals surface area contributed by atoms with Crippen molar-refractivity contribution in [2.75, 3.05) is 39.5 Å². The molecule has 4 N–H and O–H groups in total. The van der Waals surface area contributed by atoms with E-state index in [1.165, 1.54) is 46.0 Å². The minimum absolute atomic E-state index is 0. The van der Waals surface area contributed by atoms with Crippen molar-refractivity contribution in [1.29, 1.82) is 0 Å². The standard InChI is InChI=1S/C29H26ClN3O4.C21H20N2O.C8H6ClNO3.CH4.I3/c30-25-13-10-21(16-28(25)33(35)36)29(34)19-32(18-20-6-2-1-3-7-20)14-15-37-22-11-12-24-23-8-4-5-9-26(23)31-27(24)17-22;1-2-6-16(7-3-1)15-22-12-13-24-17-10-11-19-18-8-4-5-9-20(18)23-21(19)14-17;9-6-2-1-5(8-4-13-8)3-7(6)10(11)12;;1-3-2/h1-13,16-17,29,31,34H,14-15,18-19H2;1-11,14,22-23H,12-13,15H2;1-3,8H,4H2;1H4;/q;;;;-1/t29-;;8-;;/m0.0../s1. The van der Waals surface area contributed by atoms with Gasteiger partial charge in [0.25, 0.3) is 11.4 Å². The third kappa shape index (κ3) is 16.9. The molecule has 0 aliphatic carbocycles. The van der Waals surface area contributed by atoms with Gasteiger partial charge in [0.15, 0.2) is 0 Å². The summed E-state index contributed by atoms with van der Waals surface area (Å²) in [4.78, 5) is 29.7. The molecule has 1 saturated heterocycles. The zero-order chi connectivity index (χ0) is 54.1. The number of hydrogen-bond donors (Lipinski definition) is 4. The SMILES string of the molecule is C.I[I-]I.O=[N+]([O-])c1cc([C@@H](O)CN(CCOc2ccc3c(c2)[nH]c2ccccc23)Cc2ccccc2)ccc1Cl.O=[N+]([O-])c1cc([C@@H]2CO2)ccc1Cl.c1ccc(CNCCOc2ccc3c(c2)[nH]c2ccccc23)cc1. The first-order valence-electron chi connectivity index (χ1n) is 24.3. The molecule has 0 radical (unpaired) electrons. The zero-order valence-electron chi connectivity index (χ0n) is 41.2. The van der Waals surface area contributed by atoms with Gasteiger partial charge in [-0.05, 0) is 70.8 Å². The summed E-state index contributed by atoms with van der Waals surface area (Å²) in [5, 5.41) is 41.1. The van der Waals surface area contributed by atoms with Crippen LogP contribution in [0.3, 0.4) is 0 Å². The van der Waals surface area contributed by atoms with Crippen LogP contribution in [0.25, 0.3) is 43.6 Å². The van der Waals surface area contributed by atoms with Gasteiger partial charge in [-0.15, -0.1) is 0 Å². The van der Waals surface area contributed by atoms with Gasteiger partial charge in [0.05, 0.1) is 33.6 Å². The number of fused-ring (bicyclic) bond motifs is 6. The Morgan fingerprint density at radius 2 is 1.14 bits per heavy atom. The number of nitro groups is 2. The van der Waals surface area contributed by atoms with Crippen LogP contribution in [0, 0.1) is 20.2 Å². The molecule has 2 aromatic heterocycles. The average Bonchev–Trinajstić information content (AvgIpc) is 4.13. The summed E-state index contributed by atoms with van der Waals surface area (Å²) < 4.78 is 17.0. The van der Waals surface area contributed by atoms with E-state index >= 15 is 0 Å². The molecule has 0 unspecified atom stereocenters. The van der Waals surface area contributed by atoms with Crippen molar-refractivity contribution in [3.8, 4) is 11.5 Å². The Kier molecular flexibility index (Phi) is 23.2. The van der Waals surface area contributed by atoms with Crippen LogP contribution in [0.1, 0.15) is 41.9 Å². The summed E-state index contributed by atoms with van der Waals surface area (Å²) in [7, 11) is 0. The number of aliphatic hydroxyl groups is 1. The Morgan fingerprint density at radius 1 is 0.654 bits per heavy atom. The zero-order valence-corrected chi connectivity index (χ0v) is 49.2. The third-order valence-electron chi connectivity index (χ3n) is 12.5. The predicted molar refractivity (Wildman–Crippen MR) is 327 cm³/mol. The molecule has 0 amide bonds. The van der Waals surface area contributed by atoms with Crippen molar-refractivity contribution in [3.05, 3.63) is 235 Å². The van der Waals surface area contributed by atoms with Gasteiger partial charge in [-0.1, -0.05) is 140 Å². The molecule has 14 nitrogen and oxygen atoms in total. The fraction of sp³-hybridized carbons (Fsp3) is 0.186. The van der Waals surface area contributed by atoms with Crippen LogP contribution in [0.5, 0.6) is 11.5 Å². The summed E-state index contributed by atoms with van der Waals surface area (Å²) in [6.45, 7) is 4.80. The fourth-order valence-electron chi connectivity index (χ4n) is 8.62. The molecule has 0 bridgehead atoms. The third-order valence-corrected chi connectivity index (χ3v) is 13.1. The van der Waals surface area contributed by atoms with Crippen LogP contribution >= 0.6 is 60.4 Å². The Bertz CT molecular complexity index is 3550. The number of benzene rings is 8. The number of nitrogens with one attached hydrogen (secondary N) is 3. The van der Waals surface area contributed by atoms with E-state index in [1.807, 2.05) is 72.8 Å². The second-order valence-electron chi connectivity index (χ2n) is 17.7. The first kappa shape index (κ1) is 60.0. The van der Waals surface area contributed by atoms with E-state index in [1.54, 1.807) is 12.1 Å². The number of nitro benzene ring substituents is 2. The molecule has 1 fully saturated rings. The predicted octanol–water partition coefficient (Wildman–Crippen LogP) is 12.7. The van der Waals surface area contributed by atoms with Gasteiger partial charge < -0.3 is 34.6 Å². The molecule has 8 aromatic carbocycles. The second-order valence-corrected chi connectivity index (χ2v) is 34.7. The summed E-state index contributed by atoms with van der Waals surface area (Å²) in [5.74, 6) is 1.66. The van der Waals surface area contributed by atoms with Gasteiger partial charge in [-0.25, -0.2) is 0 Å². The van der Waals surface area contributed by atoms with Crippen LogP contribution in [0.15, 0.2) is 182 Å². The molecule has 19 heteroatoms. The first-order valence-corrected chi connectivity index (χ1v) is 37.6. The van der Waals surface area contributed by atoms with Gasteiger partial charge in [0, 0.05) is 89.6 Å². The van der Waals surface area contributed by atoms with E-state index < -0.39 is 16.0 Å². The molecule has 0 saturated carbocycles. The van der Waals surface area contributed by atoms with Crippen molar-refractivity contribution in [3.63, 3.8) is 0 Å². The second kappa shape index (κ2) is 30.1. The van der Waals surface area contributed by atoms with Crippen molar-refractivity contribution >= 4 is 115 Å². The van der Waals surface area contributed by atoms with Crippen LogP contribution in [-0.4, -0.2) is 69.3 Å². The van der Waals surface area contributed by atoms with Crippen LogP contribution in [0.2, 0.25) is 10.0 Å². The number of H-pyrrole nitrogens is 2. The van der Waals surface area contributed by atoms with Gasteiger partial charge in [0.1, 0.15) is 40.9 Å². The van der Waals surface area contributed by atoms with E-state index in [9.17, 15) is 25.3 Å². The maximum atomic E-state index is 11.3. The maximum Gasteiger partial charge on any atom is 0.288 e. The number of ether oxygens (including phenoxy) is 3. The minimum atomic E-state index is -0.928. The number of aliphatic hydroxyl groups excluding tert-OH is 1. The fourth-order valence-corrected chi connectivity index (χ4v) is 9.00. The maximum absolute atomic E-state index is 11.3. The molecule has 406 valence electrons. The van der Waals surface area contributed by atoms with Crippen LogP contribution < -0.4 is 28.0 Å². The molecular weight excluding hydrogens is 1370 g/mol. The van der Waals surface area contributed by atoms with Gasteiger partial charge in [-0.3, -0.25) is 25.1 Å². The molecule has 3 heterocycles. The molecule has 78 heavy (non-hydrogen) atoms.